The van der Waals surface area contributed by atoms with Crippen molar-refractivity contribution in [1.82, 2.24) is 0 Å². The Kier molecular flexibility index (Phi) is 4.56. The van der Waals surface area contributed by atoms with Crippen molar-refractivity contribution >= 4 is 40.9 Å². The third-order valence-corrected chi connectivity index (χ3v) is 7.78. The number of amides is 2. The summed E-state index contributed by atoms with van der Waals surface area (Å²) in [6.07, 6.45) is 5.30. The zero-order valence-corrected chi connectivity index (χ0v) is 18.3. The van der Waals surface area contributed by atoms with Gasteiger partial charge in [0.1, 0.15) is 0 Å². The number of Topliss-reactive ketones (excluding diaryl/α,β-unsaturated/α-hetero) is 1. The average Bonchev–Trinajstić information content (AvgIpc) is 3.61. The molecule has 33 heavy (non-hydrogen) atoms. The van der Waals surface area contributed by atoms with Crippen LogP contribution in [0, 0.1) is 35.5 Å². The molecule has 2 amide bonds. The van der Waals surface area contributed by atoms with E-state index in [1.807, 2.05) is 0 Å². The van der Waals surface area contributed by atoms with Gasteiger partial charge in [-0.3, -0.25) is 14.4 Å². The Balaban J connectivity index is 1.24. The molecule has 6 unspecified atom stereocenters. The summed E-state index contributed by atoms with van der Waals surface area (Å²) in [6.45, 7) is -0.459. The number of hydrogen-bond donors (Lipinski definition) is 0. The second-order valence-electron chi connectivity index (χ2n) is 9.19. The molecule has 0 spiro atoms. The molecule has 6 atom stereocenters. The maximum absolute atomic E-state index is 13.4. The van der Waals surface area contributed by atoms with Gasteiger partial charge in [-0.05, 0) is 66.5 Å². The summed E-state index contributed by atoms with van der Waals surface area (Å²) >= 11 is 5.84. The molecule has 166 valence electrons. The third-order valence-electron chi connectivity index (χ3n) is 7.53. The molecule has 2 saturated carbocycles. The molecule has 0 aromatic heterocycles. The quantitative estimate of drug-likeness (QED) is 0.291. The lowest BCUT2D eigenvalue weighted by Gasteiger charge is -2.37. The van der Waals surface area contributed by atoms with Gasteiger partial charge < -0.3 is 4.74 Å². The van der Waals surface area contributed by atoms with Crippen molar-refractivity contribution in [3.05, 3.63) is 76.8 Å². The molecule has 4 aliphatic carbocycles. The Hall–Kier alpha value is -3.25. The minimum absolute atomic E-state index is 0.0900. The lowest BCUT2D eigenvalue weighted by molar-refractivity contribution is -0.124. The topological polar surface area (TPSA) is 80.8 Å². The predicted octanol–water partition coefficient (Wildman–Crippen LogP) is 3.94. The highest BCUT2D eigenvalue weighted by atomic mass is 35.5. The number of hydrogen-bond acceptors (Lipinski definition) is 5. The summed E-state index contributed by atoms with van der Waals surface area (Å²) < 4.78 is 5.26. The van der Waals surface area contributed by atoms with E-state index in [9.17, 15) is 19.2 Å². The number of anilines is 1. The van der Waals surface area contributed by atoms with Crippen LogP contribution in [0.4, 0.5) is 5.69 Å². The van der Waals surface area contributed by atoms with Crippen LogP contribution < -0.4 is 4.90 Å². The summed E-state index contributed by atoms with van der Waals surface area (Å²) in [5.74, 6) is -1.14. The van der Waals surface area contributed by atoms with Crippen molar-refractivity contribution in [2.24, 2.45) is 35.5 Å². The van der Waals surface area contributed by atoms with E-state index in [0.29, 0.717) is 22.4 Å². The predicted molar refractivity (Wildman–Crippen MR) is 120 cm³/mol. The van der Waals surface area contributed by atoms with Crippen LogP contribution in [0.1, 0.15) is 27.1 Å². The van der Waals surface area contributed by atoms with Gasteiger partial charge in [0.2, 0.25) is 11.8 Å². The van der Waals surface area contributed by atoms with Gasteiger partial charge in [-0.1, -0.05) is 35.9 Å². The molecule has 1 heterocycles. The number of carbonyl (C=O) groups excluding carboxylic acids is 4. The zero-order valence-electron chi connectivity index (χ0n) is 17.5. The molecule has 1 aliphatic heterocycles. The molecule has 2 bridgehead atoms. The first-order chi connectivity index (χ1) is 16.0. The lowest BCUT2D eigenvalue weighted by Crippen LogP contribution is -2.40. The van der Waals surface area contributed by atoms with Crippen molar-refractivity contribution in [2.45, 2.75) is 6.42 Å². The smallest absolute Gasteiger partial charge is 0.340 e. The Labute approximate surface area is 195 Å². The van der Waals surface area contributed by atoms with Crippen LogP contribution in [0.2, 0.25) is 5.02 Å². The minimum Gasteiger partial charge on any atom is -0.454 e. The van der Waals surface area contributed by atoms with Gasteiger partial charge in [0.15, 0.2) is 12.4 Å². The standard InChI is InChI=1S/C26H20ClNO5/c27-14-7-5-13(6-8-14)21(29)12-33-26(32)17-3-1-2-4-20(17)28-24(30)22-15-9-10-16(19-11-18(15)19)23(22)25(28)31/h1-10,15-16,18-19,22-23H,11-12H2. The molecule has 2 aromatic rings. The first-order valence-electron chi connectivity index (χ1n) is 11.1. The van der Waals surface area contributed by atoms with Gasteiger partial charge >= 0.3 is 5.97 Å². The lowest BCUT2D eigenvalue weighted by atomic mass is 9.63. The highest BCUT2D eigenvalue weighted by Crippen LogP contribution is 2.65. The normalized spacial score (nSPS) is 30.8. The van der Waals surface area contributed by atoms with Crippen LogP contribution in [-0.4, -0.2) is 30.2 Å². The van der Waals surface area contributed by atoms with Gasteiger partial charge in [0.05, 0.1) is 23.1 Å². The Morgan fingerprint density at radius 2 is 1.52 bits per heavy atom. The fourth-order valence-corrected chi connectivity index (χ4v) is 6.09. The van der Waals surface area contributed by atoms with Crippen LogP contribution in [-0.2, 0) is 14.3 Å². The first-order valence-corrected chi connectivity index (χ1v) is 11.4. The number of para-hydroxylation sites is 1. The van der Waals surface area contributed by atoms with Gasteiger partial charge in [0.25, 0.3) is 0 Å². The Morgan fingerprint density at radius 1 is 0.909 bits per heavy atom. The number of nitrogens with zero attached hydrogens (tertiary/aromatic N) is 1. The molecule has 2 aromatic carbocycles. The highest BCUT2D eigenvalue weighted by Gasteiger charge is 2.67. The highest BCUT2D eigenvalue weighted by molar-refractivity contribution is 6.30. The molecule has 5 aliphatic rings. The van der Waals surface area contributed by atoms with Crippen LogP contribution in [0.25, 0.3) is 0 Å². The number of allylic oxidation sites excluding steroid dienone is 2. The van der Waals surface area contributed by atoms with E-state index in [2.05, 4.69) is 12.2 Å². The van der Waals surface area contributed by atoms with E-state index in [0.717, 1.165) is 6.42 Å². The summed E-state index contributed by atoms with van der Waals surface area (Å²) in [4.78, 5) is 53.3. The van der Waals surface area contributed by atoms with Gasteiger partial charge in [-0.2, -0.15) is 0 Å². The SMILES string of the molecule is O=C(COC(=O)c1ccccc1N1C(=O)C2C3C=CC(C4CC34)C2C1=O)c1ccc(Cl)cc1. The van der Waals surface area contributed by atoms with Crippen molar-refractivity contribution in [1.29, 1.82) is 0 Å². The Bertz CT molecular complexity index is 1200. The first kappa shape index (κ1) is 20.4. The van der Waals surface area contributed by atoms with Crippen LogP contribution in [0.5, 0.6) is 0 Å². The number of ether oxygens (including phenoxy) is 1. The van der Waals surface area contributed by atoms with E-state index in [1.54, 1.807) is 42.5 Å². The van der Waals surface area contributed by atoms with Crippen LogP contribution in [0.15, 0.2) is 60.7 Å². The third kappa shape index (κ3) is 3.08. The minimum atomic E-state index is -0.757. The summed E-state index contributed by atoms with van der Waals surface area (Å²) in [7, 11) is 0. The number of ketones is 1. The second-order valence-corrected chi connectivity index (χ2v) is 9.63. The molecular formula is C26H20ClNO5. The van der Waals surface area contributed by atoms with Crippen molar-refractivity contribution in [3.8, 4) is 0 Å². The molecule has 1 saturated heterocycles. The van der Waals surface area contributed by atoms with Gasteiger partial charge in [0, 0.05) is 10.6 Å². The van der Waals surface area contributed by atoms with Gasteiger partial charge in [-0.15, -0.1) is 0 Å². The number of rotatable bonds is 5. The number of imide groups is 1. The number of esters is 1. The summed E-state index contributed by atoms with van der Waals surface area (Å²) in [5, 5.41) is 0.499. The van der Waals surface area contributed by atoms with E-state index in [4.69, 9.17) is 16.3 Å². The fraction of sp³-hybridized carbons (Fsp3) is 0.308. The molecule has 0 radical (unpaired) electrons. The monoisotopic (exact) mass is 461 g/mol. The fourth-order valence-electron chi connectivity index (χ4n) is 5.96. The van der Waals surface area contributed by atoms with E-state index in [1.165, 1.54) is 11.0 Å². The average molecular weight is 462 g/mol. The Morgan fingerprint density at radius 3 is 2.15 bits per heavy atom. The van der Waals surface area contributed by atoms with E-state index < -0.39 is 12.6 Å². The molecular weight excluding hydrogens is 442 g/mol. The van der Waals surface area contributed by atoms with Crippen molar-refractivity contribution in [2.75, 3.05) is 11.5 Å². The van der Waals surface area contributed by atoms with Crippen LogP contribution >= 0.6 is 11.6 Å². The van der Waals surface area contributed by atoms with E-state index >= 15 is 0 Å². The van der Waals surface area contributed by atoms with E-state index in [-0.39, 0.29) is 52.5 Å². The number of halogens is 1. The summed E-state index contributed by atoms with van der Waals surface area (Å²) in [6, 6.07) is 12.7. The largest absolute Gasteiger partial charge is 0.454 e. The molecule has 7 rings (SSSR count). The molecule has 3 fully saturated rings. The maximum Gasteiger partial charge on any atom is 0.340 e. The van der Waals surface area contributed by atoms with Crippen molar-refractivity contribution in [3.63, 3.8) is 0 Å². The van der Waals surface area contributed by atoms with Crippen molar-refractivity contribution < 1.29 is 23.9 Å². The summed E-state index contributed by atoms with van der Waals surface area (Å²) in [5.41, 5.74) is 0.683. The molecule has 0 N–H and O–H groups in total. The molecule has 7 heteroatoms. The van der Waals surface area contributed by atoms with Gasteiger partial charge in [-0.25, -0.2) is 9.69 Å². The van der Waals surface area contributed by atoms with Crippen LogP contribution in [0.3, 0.4) is 0 Å². The second kappa shape index (κ2) is 7.39. The molecule has 6 nitrogen and oxygen atoms in total. The maximum atomic E-state index is 13.4. The zero-order chi connectivity index (χ0) is 22.9. The number of benzene rings is 2. The number of carbonyl (C=O) groups is 4.